The molecule has 0 unspecified atom stereocenters. The molecule has 0 amide bonds. The van der Waals surface area contributed by atoms with Crippen molar-refractivity contribution in [2.24, 2.45) is 0 Å². The predicted octanol–water partition coefficient (Wildman–Crippen LogP) is 2.34. The van der Waals surface area contributed by atoms with Gasteiger partial charge in [0, 0.05) is 12.0 Å². The summed E-state index contributed by atoms with van der Waals surface area (Å²) in [5.74, 6) is 0. The molecular formula is C14H20O2. The van der Waals surface area contributed by atoms with Gasteiger partial charge in [0.05, 0.1) is 13.2 Å². The molecule has 88 valence electrons. The average molecular weight is 220 g/mol. The lowest BCUT2D eigenvalue weighted by atomic mass is 9.74. The highest BCUT2D eigenvalue weighted by Crippen LogP contribution is 2.37. The number of benzene rings is 1. The van der Waals surface area contributed by atoms with Gasteiger partial charge in [0.15, 0.2) is 0 Å². The molecule has 1 saturated heterocycles. The maximum atomic E-state index is 8.95. The normalized spacial score (nSPS) is 18.2. The van der Waals surface area contributed by atoms with Crippen molar-refractivity contribution in [2.45, 2.75) is 32.1 Å². The van der Waals surface area contributed by atoms with Crippen LogP contribution in [0.5, 0.6) is 0 Å². The highest BCUT2D eigenvalue weighted by Gasteiger charge is 2.39. The Kier molecular flexibility index (Phi) is 3.31. The zero-order valence-corrected chi connectivity index (χ0v) is 10.1. The van der Waals surface area contributed by atoms with Gasteiger partial charge in [-0.05, 0) is 43.4 Å². The quantitative estimate of drug-likeness (QED) is 0.844. The molecule has 0 radical (unpaired) electrons. The van der Waals surface area contributed by atoms with Crippen molar-refractivity contribution in [1.29, 1.82) is 0 Å². The van der Waals surface area contributed by atoms with Crippen LogP contribution >= 0.6 is 0 Å². The van der Waals surface area contributed by atoms with Gasteiger partial charge in [-0.2, -0.15) is 0 Å². The highest BCUT2D eigenvalue weighted by molar-refractivity contribution is 5.36. The van der Waals surface area contributed by atoms with Crippen LogP contribution in [0.15, 0.2) is 18.2 Å². The number of aliphatic hydroxyl groups is 1. The molecule has 1 aliphatic rings. The second-order valence-electron chi connectivity index (χ2n) is 4.90. The summed E-state index contributed by atoms with van der Waals surface area (Å²) in [6, 6.07) is 6.67. The first kappa shape index (κ1) is 11.6. The third-order valence-electron chi connectivity index (χ3n) is 3.69. The van der Waals surface area contributed by atoms with Crippen LogP contribution in [-0.2, 0) is 10.2 Å². The molecule has 0 aliphatic carbocycles. The molecule has 1 aromatic carbocycles. The van der Waals surface area contributed by atoms with Gasteiger partial charge in [-0.1, -0.05) is 18.2 Å². The summed E-state index contributed by atoms with van der Waals surface area (Å²) in [6.07, 6.45) is 1.88. The molecule has 0 atom stereocenters. The summed E-state index contributed by atoms with van der Waals surface area (Å²) >= 11 is 0. The molecule has 1 aromatic rings. The van der Waals surface area contributed by atoms with Gasteiger partial charge in [0.2, 0.25) is 0 Å². The van der Waals surface area contributed by atoms with E-state index in [1.54, 1.807) is 0 Å². The molecule has 2 nitrogen and oxygen atoms in total. The summed E-state index contributed by atoms with van der Waals surface area (Å²) in [5.41, 5.74) is 4.21. The van der Waals surface area contributed by atoms with Crippen LogP contribution < -0.4 is 0 Å². The Hall–Kier alpha value is -0.860. The summed E-state index contributed by atoms with van der Waals surface area (Å²) in [6.45, 7) is 6.16. The third kappa shape index (κ3) is 2.00. The Morgan fingerprint density at radius 3 is 2.50 bits per heavy atom. The molecule has 16 heavy (non-hydrogen) atoms. The fourth-order valence-corrected chi connectivity index (χ4v) is 2.29. The third-order valence-corrected chi connectivity index (χ3v) is 3.69. The minimum atomic E-state index is 0.168. The number of rotatable bonds is 4. The SMILES string of the molecule is Cc1ccc(C2(CCCO)COC2)cc1C. The van der Waals surface area contributed by atoms with Crippen LogP contribution in [0, 0.1) is 13.8 Å². The molecule has 2 heteroatoms. The van der Waals surface area contributed by atoms with Gasteiger partial charge < -0.3 is 9.84 Å². The average Bonchev–Trinajstić information content (AvgIpc) is 2.22. The molecule has 0 spiro atoms. The van der Waals surface area contributed by atoms with Crippen molar-refractivity contribution >= 4 is 0 Å². The van der Waals surface area contributed by atoms with Gasteiger partial charge in [-0.3, -0.25) is 0 Å². The maximum absolute atomic E-state index is 8.95. The van der Waals surface area contributed by atoms with E-state index in [1.165, 1.54) is 16.7 Å². The smallest absolute Gasteiger partial charge is 0.0585 e. The lowest BCUT2D eigenvalue weighted by molar-refractivity contribution is -0.0665. The summed E-state index contributed by atoms with van der Waals surface area (Å²) in [7, 11) is 0. The largest absolute Gasteiger partial charge is 0.396 e. The number of hydrogen-bond acceptors (Lipinski definition) is 2. The number of aliphatic hydroxyl groups excluding tert-OH is 1. The van der Waals surface area contributed by atoms with Crippen molar-refractivity contribution < 1.29 is 9.84 Å². The van der Waals surface area contributed by atoms with Gasteiger partial charge in [0.1, 0.15) is 0 Å². The number of ether oxygens (including phenoxy) is 1. The van der Waals surface area contributed by atoms with Crippen molar-refractivity contribution in [3.05, 3.63) is 34.9 Å². The molecule has 0 saturated carbocycles. The number of aryl methyl sites for hydroxylation is 2. The topological polar surface area (TPSA) is 29.5 Å². The van der Waals surface area contributed by atoms with Crippen LogP contribution in [0.1, 0.15) is 29.5 Å². The molecule has 1 aliphatic heterocycles. The van der Waals surface area contributed by atoms with Gasteiger partial charge in [-0.15, -0.1) is 0 Å². The monoisotopic (exact) mass is 220 g/mol. The molecule has 0 bridgehead atoms. The minimum absolute atomic E-state index is 0.168. The van der Waals surface area contributed by atoms with E-state index in [2.05, 4.69) is 32.0 Å². The maximum Gasteiger partial charge on any atom is 0.0585 e. The van der Waals surface area contributed by atoms with E-state index in [-0.39, 0.29) is 12.0 Å². The van der Waals surface area contributed by atoms with Gasteiger partial charge in [0.25, 0.3) is 0 Å². The van der Waals surface area contributed by atoms with Gasteiger partial charge in [-0.25, -0.2) is 0 Å². The summed E-state index contributed by atoms with van der Waals surface area (Å²) < 4.78 is 5.38. The first-order valence-electron chi connectivity index (χ1n) is 5.94. The fraction of sp³-hybridized carbons (Fsp3) is 0.571. The first-order valence-corrected chi connectivity index (χ1v) is 5.94. The Bertz CT molecular complexity index is 367. The Morgan fingerprint density at radius 2 is 2.00 bits per heavy atom. The zero-order valence-electron chi connectivity index (χ0n) is 10.1. The molecule has 2 rings (SSSR count). The molecule has 1 fully saturated rings. The van der Waals surface area contributed by atoms with E-state index in [0.717, 1.165) is 26.1 Å². The number of hydrogen-bond donors (Lipinski definition) is 1. The van der Waals surface area contributed by atoms with E-state index in [0.29, 0.717) is 0 Å². The highest BCUT2D eigenvalue weighted by atomic mass is 16.5. The van der Waals surface area contributed by atoms with E-state index >= 15 is 0 Å². The van der Waals surface area contributed by atoms with Crippen molar-refractivity contribution in [2.75, 3.05) is 19.8 Å². The Balaban J connectivity index is 2.22. The second kappa shape index (κ2) is 4.56. The van der Waals surface area contributed by atoms with Crippen LogP contribution in [-0.4, -0.2) is 24.9 Å². The lowest BCUT2D eigenvalue weighted by Crippen LogP contribution is -2.46. The zero-order chi connectivity index (χ0) is 11.6. The second-order valence-corrected chi connectivity index (χ2v) is 4.90. The Labute approximate surface area is 97.3 Å². The first-order chi connectivity index (χ1) is 7.68. The van der Waals surface area contributed by atoms with Crippen LogP contribution in [0.25, 0.3) is 0 Å². The van der Waals surface area contributed by atoms with Crippen molar-refractivity contribution in [3.63, 3.8) is 0 Å². The van der Waals surface area contributed by atoms with E-state index in [9.17, 15) is 0 Å². The molecule has 0 aromatic heterocycles. The minimum Gasteiger partial charge on any atom is -0.396 e. The van der Waals surface area contributed by atoms with E-state index < -0.39 is 0 Å². The van der Waals surface area contributed by atoms with E-state index in [1.807, 2.05) is 0 Å². The molecule has 1 heterocycles. The van der Waals surface area contributed by atoms with Crippen molar-refractivity contribution in [3.8, 4) is 0 Å². The summed E-state index contributed by atoms with van der Waals surface area (Å²) in [4.78, 5) is 0. The van der Waals surface area contributed by atoms with E-state index in [4.69, 9.17) is 9.84 Å². The summed E-state index contributed by atoms with van der Waals surface area (Å²) in [5, 5.41) is 8.95. The fourth-order valence-electron chi connectivity index (χ4n) is 2.29. The predicted molar refractivity (Wildman–Crippen MR) is 64.7 cm³/mol. The molecular weight excluding hydrogens is 200 g/mol. The van der Waals surface area contributed by atoms with Crippen LogP contribution in [0.3, 0.4) is 0 Å². The lowest BCUT2D eigenvalue weighted by Gasteiger charge is -2.42. The van der Waals surface area contributed by atoms with Crippen LogP contribution in [0.4, 0.5) is 0 Å². The standard InChI is InChI=1S/C14H20O2/c1-11-4-5-13(8-12(11)2)14(6-3-7-15)9-16-10-14/h4-5,8,15H,3,6-7,9-10H2,1-2H3. The molecule has 1 N–H and O–H groups in total. The van der Waals surface area contributed by atoms with Crippen LogP contribution in [0.2, 0.25) is 0 Å². The van der Waals surface area contributed by atoms with Gasteiger partial charge >= 0.3 is 0 Å². The Morgan fingerprint density at radius 1 is 1.25 bits per heavy atom. The van der Waals surface area contributed by atoms with Crippen molar-refractivity contribution in [1.82, 2.24) is 0 Å².